The molecule has 1 unspecified atom stereocenters. The Bertz CT molecular complexity index is 710. The monoisotopic (exact) mass is 330 g/mol. The topological polar surface area (TPSA) is 79.3 Å². The van der Waals surface area contributed by atoms with E-state index in [2.05, 4.69) is 24.6 Å². The van der Waals surface area contributed by atoms with E-state index in [1.807, 2.05) is 11.2 Å². The van der Waals surface area contributed by atoms with Crippen molar-refractivity contribution in [2.75, 3.05) is 39.9 Å². The van der Waals surface area contributed by atoms with Gasteiger partial charge in [-0.3, -0.25) is 14.8 Å². The first-order valence-electron chi connectivity index (χ1n) is 8.33. The van der Waals surface area contributed by atoms with Crippen LogP contribution in [0.5, 0.6) is 0 Å². The Morgan fingerprint density at radius 2 is 2.33 bits per heavy atom. The average Bonchev–Trinajstić information content (AvgIpc) is 3.28. The predicted molar refractivity (Wildman–Crippen MR) is 86.6 cm³/mol. The van der Waals surface area contributed by atoms with Crippen molar-refractivity contribution in [1.29, 1.82) is 0 Å². The lowest BCUT2D eigenvalue weighted by molar-refractivity contribution is 0.0436. The molecular formula is C16H22N6O2. The molecule has 0 spiro atoms. The molecule has 0 aliphatic carbocycles. The van der Waals surface area contributed by atoms with Gasteiger partial charge in [-0.2, -0.15) is 5.10 Å². The van der Waals surface area contributed by atoms with E-state index in [0.717, 1.165) is 38.3 Å². The largest absolute Gasteiger partial charge is 0.383 e. The zero-order valence-electron chi connectivity index (χ0n) is 13.8. The van der Waals surface area contributed by atoms with Crippen LogP contribution in [-0.4, -0.2) is 75.4 Å². The van der Waals surface area contributed by atoms with Gasteiger partial charge >= 0.3 is 0 Å². The quantitative estimate of drug-likeness (QED) is 0.873. The van der Waals surface area contributed by atoms with Gasteiger partial charge in [-0.1, -0.05) is 0 Å². The summed E-state index contributed by atoms with van der Waals surface area (Å²) in [5.74, 6) is 0.0121. The zero-order valence-corrected chi connectivity index (χ0v) is 13.8. The third-order valence-electron chi connectivity index (χ3n) is 4.98. The highest BCUT2D eigenvalue weighted by atomic mass is 16.5. The summed E-state index contributed by atoms with van der Waals surface area (Å²) in [6.07, 6.45) is 4.52. The fraction of sp³-hybridized carbons (Fsp3) is 0.562. The van der Waals surface area contributed by atoms with E-state index in [-0.39, 0.29) is 11.9 Å². The Morgan fingerprint density at radius 1 is 1.42 bits per heavy atom. The minimum atomic E-state index is 0.0121. The highest BCUT2D eigenvalue weighted by Gasteiger charge is 2.37. The van der Waals surface area contributed by atoms with Gasteiger partial charge in [0.15, 0.2) is 0 Å². The van der Waals surface area contributed by atoms with Crippen LogP contribution in [0.25, 0.3) is 0 Å². The van der Waals surface area contributed by atoms with Crippen molar-refractivity contribution >= 4 is 5.91 Å². The number of carbonyl (C=O) groups excluding carboxylic acids is 1. The number of ether oxygens (including phenoxy) is 1. The molecule has 4 rings (SSSR count). The van der Waals surface area contributed by atoms with Crippen LogP contribution in [-0.2, 0) is 17.7 Å². The number of imidazole rings is 1. The Hall–Kier alpha value is -2.19. The second-order valence-electron chi connectivity index (χ2n) is 6.29. The van der Waals surface area contributed by atoms with Gasteiger partial charge in [0.25, 0.3) is 5.91 Å². The molecule has 0 aromatic carbocycles. The molecule has 1 N–H and O–H groups in total. The van der Waals surface area contributed by atoms with Crippen LogP contribution >= 0.6 is 0 Å². The molecule has 2 aliphatic heterocycles. The van der Waals surface area contributed by atoms with Crippen molar-refractivity contribution in [2.45, 2.75) is 19.0 Å². The summed E-state index contributed by atoms with van der Waals surface area (Å²) in [6.45, 7) is 4.82. The van der Waals surface area contributed by atoms with Crippen LogP contribution in [0.3, 0.4) is 0 Å². The summed E-state index contributed by atoms with van der Waals surface area (Å²) < 4.78 is 7.37. The molecular weight excluding hydrogens is 308 g/mol. The van der Waals surface area contributed by atoms with Crippen LogP contribution in [0.15, 0.2) is 18.6 Å². The van der Waals surface area contributed by atoms with Crippen molar-refractivity contribution in [2.24, 2.45) is 0 Å². The normalized spacial score (nSPS) is 20.7. The van der Waals surface area contributed by atoms with E-state index in [1.165, 1.54) is 5.69 Å². The van der Waals surface area contributed by atoms with E-state index in [1.54, 1.807) is 19.4 Å². The first-order valence-corrected chi connectivity index (χ1v) is 8.33. The number of H-pyrrole nitrogens is 1. The summed E-state index contributed by atoms with van der Waals surface area (Å²) in [7, 11) is 1.71. The highest BCUT2D eigenvalue weighted by molar-refractivity contribution is 5.92. The Morgan fingerprint density at radius 3 is 3.12 bits per heavy atom. The number of nitrogens with one attached hydrogen (secondary N) is 1. The summed E-state index contributed by atoms with van der Waals surface area (Å²) in [6, 6.07) is 1.90. The molecule has 1 fully saturated rings. The zero-order chi connectivity index (χ0) is 16.5. The standard InChI is InChI=1S/C16H22N6O2/c1-24-9-8-22-11-17-15-13(22)3-5-20-6-7-21(10-14(15)20)16(23)12-2-4-18-19-12/h2,4,11,14H,3,5-10H2,1H3,(H,18,19). The molecule has 2 aliphatic rings. The SMILES string of the molecule is COCCn1cnc2c1CCN1CCN(C(=O)c3ccn[nH]3)CC21. The van der Waals surface area contributed by atoms with Crippen LogP contribution in [0.1, 0.15) is 27.9 Å². The lowest BCUT2D eigenvalue weighted by atomic mass is 9.99. The number of rotatable bonds is 4. The van der Waals surface area contributed by atoms with Crippen molar-refractivity contribution in [3.05, 3.63) is 35.7 Å². The molecule has 128 valence electrons. The Labute approximate surface area is 140 Å². The maximum Gasteiger partial charge on any atom is 0.271 e. The van der Waals surface area contributed by atoms with Crippen LogP contribution in [0.2, 0.25) is 0 Å². The maximum absolute atomic E-state index is 12.6. The highest BCUT2D eigenvalue weighted by Crippen LogP contribution is 2.32. The third kappa shape index (κ3) is 2.61. The summed E-state index contributed by atoms with van der Waals surface area (Å²) in [4.78, 5) is 21.6. The van der Waals surface area contributed by atoms with Gasteiger partial charge < -0.3 is 14.2 Å². The van der Waals surface area contributed by atoms with E-state index >= 15 is 0 Å². The van der Waals surface area contributed by atoms with Crippen molar-refractivity contribution < 1.29 is 9.53 Å². The Kier molecular flexibility index (Phi) is 4.07. The molecule has 0 bridgehead atoms. The molecule has 24 heavy (non-hydrogen) atoms. The predicted octanol–water partition coefficient (Wildman–Crippen LogP) is 0.308. The molecule has 8 nitrogen and oxygen atoms in total. The van der Waals surface area contributed by atoms with Gasteiger partial charge in [-0.15, -0.1) is 0 Å². The Balaban J connectivity index is 1.54. The number of hydrogen-bond donors (Lipinski definition) is 1. The van der Waals surface area contributed by atoms with Gasteiger partial charge in [0, 0.05) is 58.1 Å². The number of amides is 1. The minimum absolute atomic E-state index is 0.0121. The second-order valence-corrected chi connectivity index (χ2v) is 6.29. The number of methoxy groups -OCH3 is 1. The molecule has 8 heteroatoms. The molecule has 1 amide bonds. The second kappa shape index (κ2) is 6.37. The molecule has 1 saturated heterocycles. The fourth-order valence-corrected chi connectivity index (χ4v) is 3.68. The van der Waals surface area contributed by atoms with Crippen molar-refractivity contribution in [3.8, 4) is 0 Å². The smallest absolute Gasteiger partial charge is 0.271 e. The molecule has 0 radical (unpaired) electrons. The molecule has 0 saturated carbocycles. The van der Waals surface area contributed by atoms with Gasteiger partial charge in [0.2, 0.25) is 0 Å². The maximum atomic E-state index is 12.6. The van der Waals surface area contributed by atoms with Crippen molar-refractivity contribution in [3.63, 3.8) is 0 Å². The number of hydrogen-bond acceptors (Lipinski definition) is 5. The molecule has 4 heterocycles. The number of piperazine rings is 1. The number of aromatic nitrogens is 4. The average molecular weight is 330 g/mol. The van der Waals surface area contributed by atoms with Gasteiger partial charge in [-0.25, -0.2) is 4.98 Å². The van der Waals surface area contributed by atoms with Gasteiger partial charge in [0.05, 0.1) is 24.7 Å². The molecule has 2 aromatic rings. The van der Waals surface area contributed by atoms with E-state index in [0.29, 0.717) is 18.8 Å². The molecule has 1 atom stereocenters. The van der Waals surface area contributed by atoms with Gasteiger partial charge in [-0.05, 0) is 6.07 Å². The van der Waals surface area contributed by atoms with E-state index in [9.17, 15) is 4.79 Å². The number of fused-ring (bicyclic) bond motifs is 3. The van der Waals surface area contributed by atoms with Crippen LogP contribution in [0, 0.1) is 0 Å². The molecule has 2 aromatic heterocycles. The third-order valence-corrected chi connectivity index (χ3v) is 4.98. The van der Waals surface area contributed by atoms with E-state index < -0.39 is 0 Å². The van der Waals surface area contributed by atoms with Crippen molar-refractivity contribution in [1.82, 2.24) is 29.5 Å². The summed E-state index contributed by atoms with van der Waals surface area (Å²) in [5, 5.41) is 6.64. The summed E-state index contributed by atoms with van der Waals surface area (Å²) in [5.41, 5.74) is 2.94. The first kappa shape index (κ1) is 15.3. The lowest BCUT2D eigenvalue weighted by Gasteiger charge is -2.43. The number of nitrogens with zero attached hydrogens (tertiary/aromatic N) is 5. The summed E-state index contributed by atoms with van der Waals surface area (Å²) >= 11 is 0. The number of carbonyl (C=O) groups is 1. The number of aromatic amines is 1. The minimum Gasteiger partial charge on any atom is -0.383 e. The van der Waals surface area contributed by atoms with Crippen LogP contribution in [0.4, 0.5) is 0 Å². The van der Waals surface area contributed by atoms with Gasteiger partial charge in [0.1, 0.15) is 5.69 Å². The van der Waals surface area contributed by atoms with Crippen LogP contribution < -0.4 is 0 Å². The van der Waals surface area contributed by atoms with E-state index in [4.69, 9.17) is 4.74 Å². The fourth-order valence-electron chi connectivity index (χ4n) is 3.68. The first-order chi connectivity index (χ1) is 11.8. The lowest BCUT2D eigenvalue weighted by Crippen LogP contribution is -2.52.